The molecule has 0 aromatic heterocycles. The average Bonchev–Trinajstić information content (AvgIpc) is 3.26. The number of carboxylic acids is 1. The lowest BCUT2D eigenvalue weighted by Crippen LogP contribution is -2.42. The van der Waals surface area contributed by atoms with E-state index in [4.69, 9.17) is 9.47 Å². The first kappa shape index (κ1) is 32.3. The van der Waals surface area contributed by atoms with Gasteiger partial charge in [0.1, 0.15) is 11.5 Å². The van der Waals surface area contributed by atoms with Crippen molar-refractivity contribution in [3.63, 3.8) is 0 Å². The molecule has 5 rings (SSSR count). The van der Waals surface area contributed by atoms with Gasteiger partial charge < -0.3 is 24.4 Å². The van der Waals surface area contributed by atoms with E-state index in [9.17, 15) is 50.6 Å². The summed E-state index contributed by atoms with van der Waals surface area (Å²) in [6, 6.07) is 8.60. The van der Waals surface area contributed by atoms with Crippen LogP contribution < -0.4 is 14.5 Å². The number of halogens is 6. The highest BCUT2D eigenvalue weighted by Gasteiger charge is 2.55. The van der Waals surface area contributed by atoms with Crippen LogP contribution in [0.2, 0.25) is 0 Å². The third kappa shape index (κ3) is 4.90. The second-order valence-corrected chi connectivity index (χ2v) is 10.6. The van der Waals surface area contributed by atoms with Crippen LogP contribution >= 0.6 is 0 Å². The van der Waals surface area contributed by atoms with E-state index in [1.807, 2.05) is 0 Å². The maximum Gasteiger partial charge on any atom is 0.471 e. The molecule has 0 atom stereocenters. The van der Waals surface area contributed by atoms with Gasteiger partial charge in [-0.1, -0.05) is 6.07 Å². The molecule has 15 heteroatoms. The Morgan fingerprint density at radius 1 is 0.761 bits per heavy atom. The van der Waals surface area contributed by atoms with Gasteiger partial charge in [0.15, 0.2) is 5.60 Å². The number of ether oxygens (including phenoxy) is 2. The number of hydrogen-bond donors (Lipinski definition) is 1. The highest BCUT2D eigenvalue weighted by atomic mass is 19.4. The first-order valence-electron chi connectivity index (χ1n) is 13.7. The Bertz CT molecular complexity index is 1740. The molecule has 0 unspecified atom stereocenters. The Morgan fingerprint density at radius 2 is 1.22 bits per heavy atom. The van der Waals surface area contributed by atoms with Crippen LogP contribution in [0.5, 0.6) is 11.5 Å². The Morgan fingerprint density at radius 3 is 1.61 bits per heavy atom. The van der Waals surface area contributed by atoms with Crippen LogP contribution in [-0.2, 0) is 19.9 Å². The topological polar surface area (TPSA) is 113 Å². The number of rotatable bonds is 5. The van der Waals surface area contributed by atoms with Gasteiger partial charge in [-0.25, -0.2) is 9.59 Å². The zero-order valence-corrected chi connectivity index (χ0v) is 24.5. The minimum Gasteiger partial charge on any atom is -0.478 e. The van der Waals surface area contributed by atoms with E-state index in [0.717, 1.165) is 18.2 Å². The van der Waals surface area contributed by atoms with Crippen LogP contribution in [0.15, 0.2) is 42.5 Å². The number of anilines is 2. The monoisotopic (exact) mass is 650 g/mol. The number of carbonyl (C=O) groups excluding carboxylic acids is 3. The number of benzene rings is 3. The summed E-state index contributed by atoms with van der Waals surface area (Å²) in [7, 11) is 0. The minimum absolute atomic E-state index is 0.0952. The average molecular weight is 651 g/mol. The maximum absolute atomic E-state index is 13.5. The van der Waals surface area contributed by atoms with E-state index >= 15 is 0 Å². The highest BCUT2D eigenvalue weighted by molar-refractivity contribution is 6.02. The Balaban J connectivity index is 1.82. The van der Waals surface area contributed by atoms with Crippen LogP contribution in [0.25, 0.3) is 0 Å². The molecule has 1 N–H and O–H groups in total. The number of amides is 2. The van der Waals surface area contributed by atoms with Crippen molar-refractivity contribution < 1.29 is 60.1 Å². The van der Waals surface area contributed by atoms with Gasteiger partial charge in [-0.2, -0.15) is 26.3 Å². The number of carbonyl (C=O) groups is 4. The number of nitrogens with zero attached hydrogens (tertiary/aromatic N) is 2. The summed E-state index contributed by atoms with van der Waals surface area (Å²) in [5.74, 6) is -7.03. The number of aryl methyl sites for hydroxylation is 2. The molecule has 3 aromatic rings. The number of fused-ring (bicyclic) bond motifs is 6. The molecule has 0 radical (unpaired) electrons. The first-order chi connectivity index (χ1) is 21.4. The Labute approximate surface area is 256 Å². The summed E-state index contributed by atoms with van der Waals surface area (Å²) in [5.41, 5.74) is -2.09. The van der Waals surface area contributed by atoms with Crippen molar-refractivity contribution >= 4 is 35.1 Å². The summed E-state index contributed by atoms with van der Waals surface area (Å²) in [5, 5.41) is 9.51. The molecule has 2 heterocycles. The maximum atomic E-state index is 13.5. The lowest BCUT2D eigenvalue weighted by atomic mass is 9.76. The SMILES string of the molecule is CCN(C(=O)C(F)(F)F)c1cc2c(cc1C)C1(OC(=O)c3cc(C(=O)O)ccc31)c1cc(C)c(N(CC)C(=O)C(F)(F)F)cc1O2. The predicted molar refractivity (Wildman–Crippen MR) is 149 cm³/mol. The molecule has 0 bridgehead atoms. The summed E-state index contributed by atoms with van der Waals surface area (Å²) < 4.78 is 93.0. The fourth-order valence-corrected chi connectivity index (χ4v) is 5.87. The second kappa shape index (κ2) is 10.8. The second-order valence-electron chi connectivity index (χ2n) is 10.6. The van der Waals surface area contributed by atoms with Gasteiger partial charge in [0.2, 0.25) is 0 Å². The van der Waals surface area contributed by atoms with Crippen LogP contribution in [0, 0.1) is 13.8 Å². The standard InChI is InChI=1S/C31H24F6N2O7/c1-5-38(27(43)30(32,33)34)21-12-23-19(9-14(21)3)29(18-8-7-16(25(40)41)11-17(18)26(42)46-29)20-10-15(4)22(13-24(20)45-23)39(6-2)28(44)31(35,36)37/h7-13H,5-6H2,1-4H3,(H,40,41). The summed E-state index contributed by atoms with van der Waals surface area (Å²) in [6.07, 6.45) is -10.5. The number of alkyl halides is 6. The quantitative estimate of drug-likeness (QED) is 0.251. The van der Waals surface area contributed by atoms with E-state index < -0.39 is 54.8 Å². The normalized spacial score (nSPS) is 14.5. The van der Waals surface area contributed by atoms with Crippen LogP contribution in [-0.4, -0.2) is 54.3 Å². The van der Waals surface area contributed by atoms with Crippen molar-refractivity contribution in [3.8, 4) is 11.5 Å². The molecular weight excluding hydrogens is 626 g/mol. The molecule has 2 aliphatic rings. The van der Waals surface area contributed by atoms with Gasteiger partial charge in [0.05, 0.1) is 22.5 Å². The number of hydrogen-bond acceptors (Lipinski definition) is 6. The fourth-order valence-electron chi connectivity index (χ4n) is 5.87. The third-order valence-electron chi connectivity index (χ3n) is 7.88. The van der Waals surface area contributed by atoms with Crippen molar-refractivity contribution in [1.82, 2.24) is 0 Å². The largest absolute Gasteiger partial charge is 0.478 e. The first-order valence-corrected chi connectivity index (χ1v) is 13.7. The molecule has 2 amide bonds. The number of carboxylic acid groups (broad SMARTS) is 1. The third-order valence-corrected chi connectivity index (χ3v) is 7.88. The molecule has 9 nitrogen and oxygen atoms in total. The molecule has 0 aliphatic carbocycles. The molecule has 1 spiro atoms. The fraction of sp³-hybridized carbons (Fsp3) is 0.290. The van der Waals surface area contributed by atoms with Gasteiger partial charge in [0, 0.05) is 41.9 Å². The smallest absolute Gasteiger partial charge is 0.471 e. The van der Waals surface area contributed by atoms with Crippen molar-refractivity contribution in [1.29, 1.82) is 0 Å². The lowest BCUT2D eigenvalue weighted by molar-refractivity contribution is -0.170. The van der Waals surface area contributed by atoms with Crippen LogP contribution in [0.4, 0.5) is 37.7 Å². The predicted octanol–water partition coefficient (Wildman–Crippen LogP) is 6.40. The van der Waals surface area contributed by atoms with Crippen molar-refractivity contribution in [3.05, 3.63) is 81.4 Å². The zero-order chi connectivity index (χ0) is 34.1. The van der Waals surface area contributed by atoms with E-state index in [1.54, 1.807) is 0 Å². The van der Waals surface area contributed by atoms with Crippen LogP contribution in [0.1, 0.15) is 62.4 Å². The van der Waals surface area contributed by atoms with Crippen LogP contribution in [0.3, 0.4) is 0 Å². The van der Waals surface area contributed by atoms with E-state index in [1.165, 1.54) is 52.0 Å². The molecule has 0 saturated heterocycles. The summed E-state index contributed by atoms with van der Waals surface area (Å²) in [6.45, 7) is 4.69. The summed E-state index contributed by atoms with van der Waals surface area (Å²) in [4.78, 5) is 50.6. The molecule has 2 aliphatic heterocycles. The van der Waals surface area contributed by atoms with Gasteiger partial charge in [-0.05, 0) is 63.1 Å². The van der Waals surface area contributed by atoms with Crippen molar-refractivity contribution in [2.24, 2.45) is 0 Å². The van der Waals surface area contributed by atoms with E-state index in [-0.39, 0.29) is 61.8 Å². The molecule has 3 aromatic carbocycles. The molecule has 0 fully saturated rings. The zero-order valence-electron chi connectivity index (χ0n) is 24.5. The van der Waals surface area contributed by atoms with Gasteiger partial charge in [-0.3, -0.25) is 9.59 Å². The molecule has 46 heavy (non-hydrogen) atoms. The van der Waals surface area contributed by atoms with Gasteiger partial charge in [-0.15, -0.1) is 0 Å². The van der Waals surface area contributed by atoms with E-state index in [0.29, 0.717) is 9.80 Å². The van der Waals surface area contributed by atoms with Gasteiger partial charge >= 0.3 is 36.1 Å². The van der Waals surface area contributed by atoms with Crippen molar-refractivity contribution in [2.45, 2.75) is 45.6 Å². The Hall–Kier alpha value is -5.08. The summed E-state index contributed by atoms with van der Waals surface area (Å²) >= 11 is 0. The molecule has 0 saturated carbocycles. The minimum atomic E-state index is -5.23. The molecule has 242 valence electrons. The van der Waals surface area contributed by atoms with E-state index in [2.05, 4.69) is 0 Å². The lowest BCUT2D eigenvalue weighted by Gasteiger charge is -2.38. The van der Waals surface area contributed by atoms with Gasteiger partial charge in [0.25, 0.3) is 0 Å². The molecular formula is C31H24F6N2O7. The number of esters is 1. The Kier molecular flexibility index (Phi) is 7.57. The highest BCUT2D eigenvalue weighted by Crippen LogP contribution is 2.58. The number of aromatic carboxylic acids is 1. The van der Waals surface area contributed by atoms with Crippen molar-refractivity contribution in [2.75, 3.05) is 22.9 Å².